The van der Waals surface area contributed by atoms with Crippen molar-refractivity contribution in [1.82, 2.24) is 4.57 Å². The molecule has 0 saturated heterocycles. The molecule has 3 rings (SSSR count). The fourth-order valence-electron chi connectivity index (χ4n) is 3.00. The van der Waals surface area contributed by atoms with Gasteiger partial charge in [-0.15, -0.1) is 0 Å². The lowest BCUT2D eigenvalue weighted by molar-refractivity contribution is -0.143. The Kier molecular flexibility index (Phi) is 7.44. The summed E-state index contributed by atoms with van der Waals surface area (Å²) < 4.78 is 35.8. The maximum atomic E-state index is 12.6. The van der Waals surface area contributed by atoms with Gasteiger partial charge in [0.25, 0.3) is 5.91 Å². The zero-order chi connectivity index (χ0) is 23.3. The number of benzene rings is 2. The van der Waals surface area contributed by atoms with Crippen LogP contribution in [0, 0.1) is 0 Å². The number of carbonyl (C=O) groups excluding carboxylic acids is 2. The van der Waals surface area contributed by atoms with E-state index >= 15 is 0 Å². The van der Waals surface area contributed by atoms with Gasteiger partial charge >= 0.3 is 5.97 Å². The van der Waals surface area contributed by atoms with Crippen LogP contribution in [0.5, 0.6) is 5.75 Å². The highest BCUT2D eigenvalue weighted by atomic mass is 32.2. The number of nitrogens with zero attached hydrogens (tertiary/aromatic N) is 2. The van der Waals surface area contributed by atoms with Gasteiger partial charge in [0.1, 0.15) is 12.3 Å². The molecule has 0 aliphatic carbocycles. The number of hydrogen-bond acceptors (Lipinski definition) is 7. The van der Waals surface area contributed by atoms with Gasteiger partial charge in [0, 0.05) is 0 Å². The second kappa shape index (κ2) is 10.1. The molecule has 3 aromatic rings. The van der Waals surface area contributed by atoms with Crippen LogP contribution in [0.15, 0.2) is 52.4 Å². The third-order valence-electron chi connectivity index (χ3n) is 4.39. The molecule has 0 unspecified atom stereocenters. The third kappa shape index (κ3) is 5.81. The number of sulfonamides is 1. The normalized spacial score (nSPS) is 12.2. The lowest BCUT2D eigenvalue weighted by Gasteiger charge is -2.06. The van der Waals surface area contributed by atoms with E-state index in [1.165, 1.54) is 22.8 Å². The summed E-state index contributed by atoms with van der Waals surface area (Å²) in [6.45, 7) is 4.17. The molecule has 1 heterocycles. The Morgan fingerprint density at radius 2 is 1.81 bits per heavy atom. The summed E-state index contributed by atoms with van der Waals surface area (Å²) in [6.07, 6.45) is 0.0580. The molecule has 0 aliphatic rings. The topological polar surface area (TPSA) is 130 Å². The Balaban J connectivity index is 1.99. The first-order valence-corrected chi connectivity index (χ1v) is 12.2. The average Bonchev–Trinajstić information content (AvgIpc) is 3.05. The van der Waals surface area contributed by atoms with Crippen LogP contribution in [0.1, 0.15) is 19.4 Å². The fourth-order valence-corrected chi connectivity index (χ4v) is 4.70. The summed E-state index contributed by atoms with van der Waals surface area (Å²) in [4.78, 5) is 29.1. The van der Waals surface area contributed by atoms with Crippen molar-refractivity contribution in [1.29, 1.82) is 0 Å². The molecule has 0 aliphatic heterocycles. The summed E-state index contributed by atoms with van der Waals surface area (Å²) in [5, 5.41) is 5.22. The maximum absolute atomic E-state index is 12.6. The monoisotopic (exact) mass is 477 g/mol. The van der Waals surface area contributed by atoms with Crippen molar-refractivity contribution in [2.75, 3.05) is 13.2 Å². The summed E-state index contributed by atoms with van der Waals surface area (Å²) in [6, 6.07) is 11.4. The standard InChI is InChI=1S/C21H23N3O6S2/c1-3-29-15-7-5-14(6-8-15)11-19(25)23-21-24(13-20(26)30-4-2)17-10-9-16(32(22,27)28)12-18(17)31-21/h5-10,12H,3-4,11,13H2,1-2H3,(H2,22,27,28). The number of carbonyl (C=O) groups is 2. The number of fused-ring (bicyclic) bond motifs is 1. The molecule has 32 heavy (non-hydrogen) atoms. The van der Waals surface area contributed by atoms with Crippen molar-refractivity contribution >= 4 is 43.5 Å². The number of amides is 1. The second-order valence-corrected chi connectivity index (χ2v) is 9.28. The molecule has 0 radical (unpaired) electrons. The Bertz CT molecular complexity index is 1310. The van der Waals surface area contributed by atoms with Crippen LogP contribution in [-0.2, 0) is 37.3 Å². The van der Waals surface area contributed by atoms with E-state index in [-0.39, 0.29) is 29.3 Å². The first-order chi connectivity index (χ1) is 15.2. The third-order valence-corrected chi connectivity index (χ3v) is 6.34. The number of rotatable bonds is 8. The number of ether oxygens (including phenoxy) is 2. The molecule has 0 bridgehead atoms. The van der Waals surface area contributed by atoms with Crippen molar-refractivity contribution in [2.45, 2.75) is 31.7 Å². The molecular weight excluding hydrogens is 454 g/mol. The van der Waals surface area contributed by atoms with Crippen molar-refractivity contribution in [3.63, 3.8) is 0 Å². The van der Waals surface area contributed by atoms with Crippen LogP contribution in [0.4, 0.5) is 0 Å². The van der Waals surface area contributed by atoms with Gasteiger partial charge in [-0.05, 0) is 49.7 Å². The quantitative estimate of drug-likeness (QED) is 0.494. The predicted molar refractivity (Wildman–Crippen MR) is 120 cm³/mol. The fraction of sp³-hybridized carbons (Fsp3) is 0.286. The molecule has 2 aromatic carbocycles. The zero-order valence-corrected chi connectivity index (χ0v) is 19.2. The lowest BCUT2D eigenvalue weighted by atomic mass is 10.1. The van der Waals surface area contributed by atoms with E-state index in [4.69, 9.17) is 14.6 Å². The van der Waals surface area contributed by atoms with E-state index in [9.17, 15) is 18.0 Å². The molecule has 9 nitrogen and oxygen atoms in total. The highest BCUT2D eigenvalue weighted by Crippen LogP contribution is 2.21. The predicted octanol–water partition coefficient (Wildman–Crippen LogP) is 1.98. The van der Waals surface area contributed by atoms with Gasteiger partial charge in [0.15, 0.2) is 4.80 Å². The molecule has 1 amide bonds. The largest absolute Gasteiger partial charge is 0.494 e. The number of nitrogens with two attached hydrogens (primary N) is 1. The van der Waals surface area contributed by atoms with E-state index in [0.29, 0.717) is 22.6 Å². The maximum Gasteiger partial charge on any atom is 0.326 e. The van der Waals surface area contributed by atoms with Crippen LogP contribution in [0.3, 0.4) is 0 Å². The van der Waals surface area contributed by atoms with Crippen molar-refractivity contribution in [3.05, 3.63) is 52.8 Å². The molecule has 11 heteroatoms. The van der Waals surface area contributed by atoms with Gasteiger partial charge in [-0.25, -0.2) is 13.6 Å². The van der Waals surface area contributed by atoms with Crippen LogP contribution in [0.25, 0.3) is 10.2 Å². The Labute approximate surface area is 189 Å². The summed E-state index contributed by atoms with van der Waals surface area (Å²) in [5.74, 6) is -0.198. The molecule has 0 spiro atoms. The van der Waals surface area contributed by atoms with Crippen LogP contribution in [0.2, 0.25) is 0 Å². The molecular formula is C21H23N3O6S2. The highest BCUT2D eigenvalue weighted by molar-refractivity contribution is 7.89. The number of aromatic nitrogens is 1. The molecule has 2 N–H and O–H groups in total. The molecule has 170 valence electrons. The van der Waals surface area contributed by atoms with E-state index in [2.05, 4.69) is 4.99 Å². The number of thiazole rings is 1. The highest BCUT2D eigenvalue weighted by Gasteiger charge is 2.15. The Morgan fingerprint density at radius 1 is 1.09 bits per heavy atom. The summed E-state index contributed by atoms with van der Waals surface area (Å²) in [7, 11) is -3.90. The minimum Gasteiger partial charge on any atom is -0.494 e. The van der Waals surface area contributed by atoms with Gasteiger partial charge in [0.2, 0.25) is 10.0 Å². The smallest absolute Gasteiger partial charge is 0.326 e. The first kappa shape index (κ1) is 23.6. The van der Waals surface area contributed by atoms with Crippen molar-refractivity contribution in [2.24, 2.45) is 10.1 Å². The Morgan fingerprint density at radius 3 is 2.44 bits per heavy atom. The number of primary sulfonamides is 1. The zero-order valence-electron chi connectivity index (χ0n) is 17.6. The lowest BCUT2D eigenvalue weighted by Crippen LogP contribution is -2.23. The van der Waals surface area contributed by atoms with Gasteiger partial charge in [0.05, 0.1) is 34.7 Å². The van der Waals surface area contributed by atoms with E-state index in [1.54, 1.807) is 31.2 Å². The molecule has 1 aromatic heterocycles. The van der Waals surface area contributed by atoms with Crippen LogP contribution < -0.4 is 14.7 Å². The van der Waals surface area contributed by atoms with Gasteiger partial charge in [-0.1, -0.05) is 23.5 Å². The van der Waals surface area contributed by atoms with E-state index < -0.39 is 21.9 Å². The van der Waals surface area contributed by atoms with E-state index in [1.807, 2.05) is 6.92 Å². The number of hydrogen-bond donors (Lipinski definition) is 1. The number of esters is 1. The van der Waals surface area contributed by atoms with Crippen LogP contribution in [-0.4, -0.2) is 38.1 Å². The Hall–Kier alpha value is -3.02. The van der Waals surface area contributed by atoms with Gasteiger partial charge in [-0.2, -0.15) is 4.99 Å². The summed E-state index contributed by atoms with van der Waals surface area (Å²) >= 11 is 1.09. The molecule has 0 atom stereocenters. The van der Waals surface area contributed by atoms with Crippen molar-refractivity contribution < 1.29 is 27.5 Å². The molecule has 0 fully saturated rings. The van der Waals surface area contributed by atoms with Gasteiger partial charge in [-0.3, -0.25) is 9.59 Å². The molecule has 0 saturated carbocycles. The SMILES string of the molecule is CCOC(=O)Cn1c(=NC(=O)Cc2ccc(OCC)cc2)sc2cc(S(N)(=O)=O)ccc21. The minimum absolute atomic E-state index is 0.0580. The average molecular weight is 478 g/mol. The van der Waals surface area contributed by atoms with Crippen molar-refractivity contribution in [3.8, 4) is 5.75 Å². The van der Waals surface area contributed by atoms with Crippen LogP contribution >= 0.6 is 11.3 Å². The van der Waals surface area contributed by atoms with E-state index in [0.717, 1.165) is 16.9 Å². The minimum atomic E-state index is -3.90. The van der Waals surface area contributed by atoms with Gasteiger partial charge < -0.3 is 14.0 Å². The first-order valence-electron chi connectivity index (χ1n) is 9.82. The second-order valence-electron chi connectivity index (χ2n) is 6.71. The summed E-state index contributed by atoms with van der Waals surface area (Å²) in [5.41, 5.74) is 1.31.